The summed E-state index contributed by atoms with van der Waals surface area (Å²) in [5.41, 5.74) is 8.76. The molecule has 0 radical (unpaired) electrons. The number of aryl methyl sites for hydroxylation is 1. The molecule has 0 bridgehead atoms. The molecule has 6 N–H and O–H groups in total. The van der Waals surface area contributed by atoms with Gasteiger partial charge in [0.2, 0.25) is 23.6 Å². The first-order valence-corrected chi connectivity index (χ1v) is 20.6. The van der Waals surface area contributed by atoms with E-state index >= 15 is 0 Å². The van der Waals surface area contributed by atoms with Crippen molar-refractivity contribution in [3.8, 4) is 10.4 Å². The van der Waals surface area contributed by atoms with Crippen LogP contribution >= 0.6 is 11.3 Å². The van der Waals surface area contributed by atoms with Crippen molar-refractivity contribution < 1.29 is 38.6 Å². The van der Waals surface area contributed by atoms with Crippen LogP contribution in [0.5, 0.6) is 0 Å². The lowest BCUT2D eigenvalue weighted by molar-refractivity contribution is -0.144. The first-order valence-electron chi connectivity index (χ1n) is 19.7. The van der Waals surface area contributed by atoms with Gasteiger partial charge in [-0.05, 0) is 63.5 Å². The maximum absolute atomic E-state index is 13.9. The Kier molecular flexibility index (Phi) is 18.2. The smallest absolute Gasteiger partial charge is 0.407 e. The number of rotatable bonds is 21. The molecule has 1 aliphatic rings. The van der Waals surface area contributed by atoms with Crippen LogP contribution in [0, 0.1) is 12.3 Å². The summed E-state index contributed by atoms with van der Waals surface area (Å²) in [4.78, 5) is 70.6. The molecule has 1 aromatic heterocycles. The summed E-state index contributed by atoms with van der Waals surface area (Å²) in [6, 6.07) is 5.79. The molecule has 312 valence electrons. The van der Waals surface area contributed by atoms with Gasteiger partial charge in [-0.3, -0.25) is 19.2 Å². The molecule has 1 saturated heterocycles. The Balaban J connectivity index is 1.38. The number of primary amides is 1. The molecule has 0 aliphatic carbocycles. The van der Waals surface area contributed by atoms with Gasteiger partial charge in [0.05, 0.1) is 34.8 Å². The highest BCUT2D eigenvalue weighted by atomic mass is 32.1. The molecular formula is C41H64N6O8S. The van der Waals surface area contributed by atoms with E-state index in [9.17, 15) is 29.1 Å². The van der Waals surface area contributed by atoms with Gasteiger partial charge in [0.1, 0.15) is 17.7 Å². The highest BCUT2D eigenvalue weighted by molar-refractivity contribution is 7.13. The Morgan fingerprint density at radius 3 is 2.23 bits per heavy atom. The van der Waals surface area contributed by atoms with Crippen molar-refractivity contribution in [3.05, 3.63) is 41.0 Å². The fraction of sp³-hybridized carbons (Fsp3) is 0.659. The zero-order valence-corrected chi connectivity index (χ0v) is 35.1. The Morgan fingerprint density at radius 2 is 1.62 bits per heavy atom. The normalized spacial score (nSPS) is 16.9. The van der Waals surface area contributed by atoms with Crippen molar-refractivity contribution in [1.29, 1.82) is 0 Å². The van der Waals surface area contributed by atoms with Gasteiger partial charge in [0.25, 0.3) is 0 Å². The van der Waals surface area contributed by atoms with E-state index in [2.05, 4.69) is 20.9 Å². The largest absolute Gasteiger partial charge is 0.444 e. The summed E-state index contributed by atoms with van der Waals surface area (Å²) in [6.45, 7) is 14.0. The highest BCUT2D eigenvalue weighted by Crippen LogP contribution is 2.28. The second kappa shape index (κ2) is 22.0. The molecular weight excluding hydrogens is 737 g/mol. The van der Waals surface area contributed by atoms with Crippen LogP contribution in [-0.2, 0) is 35.2 Å². The third-order valence-corrected chi connectivity index (χ3v) is 10.4. The second-order valence-corrected chi connectivity index (χ2v) is 17.6. The third-order valence-electron chi connectivity index (χ3n) is 9.43. The van der Waals surface area contributed by atoms with E-state index in [0.29, 0.717) is 19.4 Å². The predicted molar refractivity (Wildman–Crippen MR) is 216 cm³/mol. The predicted octanol–water partition coefficient (Wildman–Crippen LogP) is 5.13. The Bertz CT molecular complexity index is 1590. The van der Waals surface area contributed by atoms with E-state index in [0.717, 1.165) is 53.8 Å². The van der Waals surface area contributed by atoms with Crippen LogP contribution in [0.4, 0.5) is 4.79 Å². The van der Waals surface area contributed by atoms with Gasteiger partial charge in [-0.15, -0.1) is 11.3 Å². The number of thiazole rings is 1. The lowest BCUT2D eigenvalue weighted by Crippen LogP contribution is -2.57. The number of likely N-dealkylation sites (tertiary alicyclic amines) is 1. The number of nitrogens with two attached hydrogens (primary N) is 1. The van der Waals surface area contributed by atoms with Crippen LogP contribution in [0.15, 0.2) is 29.8 Å². The van der Waals surface area contributed by atoms with E-state index < -0.39 is 47.2 Å². The average molecular weight is 801 g/mol. The Morgan fingerprint density at radius 1 is 0.964 bits per heavy atom. The van der Waals surface area contributed by atoms with Crippen LogP contribution in [0.25, 0.3) is 10.4 Å². The molecule has 2 heterocycles. The standard InChI is InChI=1S/C41H64N6O8S/c1-27-35(56-26-44-27)29-17-15-28(16-18-29)23-43-37(51)32-22-31(48)24-47(32)38(52)36(40(2,3)4)46-34(50)14-12-10-8-9-11-13-21-54-25-30(19-20-33(42)49)45-39(53)55-41(5,6)7/h15-18,26,30-32,36,48H,8-14,19-25H2,1-7H3,(H2,42,49)(H,43,51)(H,45,53)(H,46,50). The van der Waals surface area contributed by atoms with Gasteiger partial charge >= 0.3 is 6.09 Å². The van der Waals surface area contributed by atoms with Crippen molar-refractivity contribution in [2.24, 2.45) is 11.1 Å². The number of hydrogen-bond donors (Lipinski definition) is 5. The number of carbonyl (C=O) groups is 5. The van der Waals surface area contributed by atoms with Gasteiger partial charge in [-0.2, -0.15) is 0 Å². The van der Waals surface area contributed by atoms with Crippen LogP contribution in [-0.4, -0.2) is 94.3 Å². The van der Waals surface area contributed by atoms with Crippen molar-refractivity contribution in [2.45, 2.75) is 149 Å². The molecule has 2 aromatic rings. The molecule has 14 nitrogen and oxygen atoms in total. The van der Waals surface area contributed by atoms with Crippen LogP contribution < -0.4 is 21.7 Å². The number of aliphatic hydroxyl groups excluding tert-OH is 1. The maximum atomic E-state index is 13.9. The first-order chi connectivity index (χ1) is 26.3. The number of ether oxygens (including phenoxy) is 2. The number of alkyl carbamates (subject to hydrolysis) is 1. The first kappa shape index (κ1) is 46.3. The minimum atomic E-state index is -0.868. The van der Waals surface area contributed by atoms with Gasteiger partial charge < -0.3 is 41.2 Å². The summed E-state index contributed by atoms with van der Waals surface area (Å²) in [7, 11) is 0. The van der Waals surface area contributed by atoms with E-state index in [4.69, 9.17) is 15.2 Å². The topological polar surface area (TPSA) is 202 Å². The minimum Gasteiger partial charge on any atom is -0.444 e. The quantitative estimate of drug-likeness (QED) is 0.106. The zero-order valence-electron chi connectivity index (χ0n) is 34.3. The number of β-amino-alcohol motifs (C(OH)–C–C–N with tert-alkyl or cyclic N) is 1. The minimum absolute atomic E-state index is 0.0200. The number of nitrogens with one attached hydrogen (secondary N) is 3. The molecule has 0 spiro atoms. The van der Waals surface area contributed by atoms with Gasteiger partial charge in [0, 0.05) is 39.0 Å². The number of unbranched alkanes of at least 4 members (excludes halogenated alkanes) is 5. The molecule has 3 rings (SSSR count). The van der Waals surface area contributed by atoms with Crippen LogP contribution in [0.1, 0.15) is 117 Å². The average Bonchev–Trinajstić information content (AvgIpc) is 3.72. The highest BCUT2D eigenvalue weighted by Gasteiger charge is 2.44. The number of hydrogen-bond acceptors (Lipinski definition) is 10. The lowest BCUT2D eigenvalue weighted by Gasteiger charge is -2.35. The number of aromatic nitrogens is 1. The van der Waals surface area contributed by atoms with E-state index in [-0.39, 0.29) is 56.7 Å². The number of benzene rings is 1. The lowest BCUT2D eigenvalue weighted by atomic mass is 9.85. The molecule has 5 amide bonds. The van der Waals surface area contributed by atoms with Crippen molar-refractivity contribution in [3.63, 3.8) is 0 Å². The fourth-order valence-electron chi connectivity index (χ4n) is 6.42. The molecule has 1 aliphatic heterocycles. The van der Waals surface area contributed by atoms with Crippen molar-refractivity contribution >= 4 is 41.1 Å². The summed E-state index contributed by atoms with van der Waals surface area (Å²) in [6.07, 6.45) is 4.67. The van der Waals surface area contributed by atoms with E-state index in [1.165, 1.54) is 4.90 Å². The summed E-state index contributed by atoms with van der Waals surface area (Å²) in [5.74, 6) is -1.40. The third kappa shape index (κ3) is 16.2. The van der Waals surface area contributed by atoms with Gasteiger partial charge in [0.15, 0.2) is 0 Å². The molecule has 15 heteroatoms. The maximum Gasteiger partial charge on any atom is 0.407 e. The number of nitrogens with zero attached hydrogens (tertiary/aromatic N) is 2. The number of aliphatic hydroxyl groups is 1. The molecule has 4 unspecified atom stereocenters. The molecule has 1 fully saturated rings. The SMILES string of the molecule is Cc1ncsc1-c1ccc(CNC(=O)C2CC(O)CN2C(=O)C(NC(=O)CCCCCCCCOCC(CCC(N)=O)NC(=O)OC(C)(C)C)C(C)(C)C)cc1. The van der Waals surface area contributed by atoms with Crippen LogP contribution in [0.2, 0.25) is 0 Å². The van der Waals surface area contributed by atoms with Crippen molar-refractivity contribution in [2.75, 3.05) is 19.8 Å². The van der Waals surface area contributed by atoms with Crippen molar-refractivity contribution in [1.82, 2.24) is 25.8 Å². The second-order valence-electron chi connectivity index (χ2n) is 16.7. The Hall–Kier alpha value is -4.08. The van der Waals surface area contributed by atoms with Crippen LogP contribution in [0.3, 0.4) is 0 Å². The van der Waals surface area contributed by atoms with E-state index in [1.54, 1.807) is 32.1 Å². The number of carbonyl (C=O) groups excluding carboxylic acids is 5. The Labute approximate surface area is 336 Å². The van der Waals surface area contributed by atoms with Gasteiger partial charge in [-0.25, -0.2) is 9.78 Å². The molecule has 0 saturated carbocycles. The molecule has 56 heavy (non-hydrogen) atoms. The summed E-state index contributed by atoms with van der Waals surface area (Å²) < 4.78 is 11.1. The number of amides is 5. The summed E-state index contributed by atoms with van der Waals surface area (Å²) >= 11 is 1.58. The fourth-order valence-corrected chi connectivity index (χ4v) is 7.24. The molecule has 1 aromatic carbocycles. The summed E-state index contributed by atoms with van der Waals surface area (Å²) in [5, 5.41) is 19.1. The zero-order chi connectivity index (χ0) is 41.5. The van der Waals surface area contributed by atoms with E-state index in [1.807, 2.05) is 57.5 Å². The molecule has 4 atom stereocenters. The monoisotopic (exact) mass is 800 g/mol. The van der Waals surface area contributed by atoms with Gasteiger partial charge in [-0.1, -0.05) is 70.7 Å².